The first-order chi connectivity index (χ1) is 10.9. The van der Waals surface area contributed by atoms with Gasteiger partial charge in [0.05, 0.1) is 11.1 Å². The number of benzene rings is 1. The summed E-state index contributed by atoms with van der Waals surface area (Å²) < 4.78 is 5.79. The number of aryl methyl sites for hydroxylation is 1. The summed E-state index contributed by atoms with van der Waals surface area (Å²) in [5, 5.41) is 1.20. The number of hydrogen-bond acceptors (Lipinski definition) is 2. The molecule has 0 spiro atoms. The van der Waals surface area contributed by atoms with Crippen molar-refractivity contribution >= 4 is 17.0 Å². The molecule has 0 aliphatic heterocycles. The van der Waals surface area contributed by atoms with Gasteiger partial charge in [0, 0.05) is 17.7 Å². The van der Waals surface area contributed by atoms with Crippen LogP contribution in [0.4, 0.5) is 0 Å². The molecule has 124 valence electrons. The Morgan fingerprint density at radius 1 is 1.17 bits per heavy atom. The summed E-state index contributed by atoms with van der Waals surface area (Å²) in [6, 6.07) is 10.7. The number of pyridine rings is 1. The quantitative estimate of drug-likeness (QED) is 0.687. The highest BCUT2D eigenvalue weighted by Crippen LogP contribution is 2.17. The Labute approximate surface area is 140 Å². The molecule has 23 heavy (non-hydrogen) atoms. The van der Waals surface area contributed by atoms with Crippen LogP contribution in [-0.2, 0) is 11.2 Å². The number of aromatic nitrogens is 1. The fraction of sp³-hybridized carbons (Fsp3) is 0.476. The van der Waals surface area contributed by atoms with Crippen LogP contribution in [0.1, 0.15) is 52.3 Å². The van der Waals surface area contributed by atoms with Crippen molar-refractivity contribution in [3.8, 4) is 0 Å². The zero-order valence-corrected chi connectivity index (χ0v) is 15.1. The fourth-order valence-electron chi connectivity index (χ4n) is 2.40. The highest BCUT2D eigenvalue weighted by Gasteiger charge is 2.10. The van der Waals surface area contributed by atoms with E-state index in [1.165, 1.54) is 10.9 Å². The number of hydrogen-bond donors (Lipinski definition) is 0. The molecule has 0 fully saturated rings. The Morgan fingerprint density at radius 3 is 2.61 bits per heavy atom. The van der Waals surface area contributed by atoms with Crippen molar-refractivity contribution in [2.75, 3.05) is 6.61 Å². The van der Waals surface area contributed by atoms with Crippen LogP contribution >= 0.6 is 0 Å². The Hall–Kier alpha value is -1.67. The van der Waals surface area contributed by atoms with Crippen LogP contribution in [-0.4, -0.2) is 17.2 Å². The molecule has 1 aromatic heterocycles. The fourth-order valence-corrected chi connectivity index (χ4v) is 2.40. The number of rotatable bonds is 6. The Kier molecular flexibility index (Phi) is 5.95. The molecule has 0 N–H and O–H groups in total. The van der Waals surface area contributed by atoms with E-state index in [0.29, 0.717) is 5.92 Å². The summed E-state index contributed by atoms with van der Waals surface area (Å²) in [4.78, 5) is 4.70. The first-order valence-corrected chi connectivity index (χ1v) is 8.59. The molecule has 0 aliphatic carbocycles. The highest BCUT2D eigenvalue weighted by atomic mass is 16.5. The molecule has 1 aromatic carbocycles. The van der Waals surface area contributed by atoms with Gasteiger partial charge in [-0.05, 0) is 57.2 Å². The molecule has 0 saturated carbocycles. The lowest BCUT2D eigenvalue weighted by Gasteiger charge is -2.20. The normalized spacial score (nSPS) is 13.8. The Balaban J connectivity index is 2.00. The molecule has 2 aromatic rings. The number of nitrogens with zero attached hydrogens (tertiary/aromatic N) is 1. The van der Waals surface area contributed by atoms with Gasteiger partial charge in [-0.15, -0.1) is 0 Å². The number of ether oxygens (including phenoxy) is 1. The molecule has 0 bridgehead atoms. The zero-order valence-electron chi connectivity index (χ0n) is 15.1. The van der Waals surface area contributed by atoms with Crippen molar-refractivity contribution in [1.29, 1.82) is 0 Å². The Morgan fingerprint density at radius 2 is 1.91 bits per heavy atom. The van der Waals surface area contributed by atoms with Crippen LogP contribution in [0.5, 0.6) is 0 Å². The van der Waals surface area contributed by atoms with Crippen LogP contribution in [0.25, 0.3) is 17.0 Å². The lowest BCUT2D eigenvalue weighted by Crippen LogP contribution is -2.20. The second kappa shape index (κ2) is 7.74. The molecule has 0 aliphatic rings. The van der Waals surface area contributed by atoms with Crippen LogP contribution < -0.4 is 0 Å². The van der Waals surface area contributed by atoms with E-state index in [1.54, 1.807) is 0 Å². The van der Waals surface area contributed by atoms with Crippen molar-refractivity contribution in [2.24, 2.45) is 5.92 Å². The van der Waals surface area contributed by atoms with E-state index < -0.39 is 0 Å². The summed E-state index contributed by atoms with van der Waals surface area (Å²) >= 11 is 0. The molecule has 2 nitrogen and oxygen atoms in total. The predicted molar refractivity (Wildman–Crippen MR) is 99.6 cm³/mol. The molecule has 0 saturated heterocycles. The summed E-state index contributed by atoms with van der Waals surface area (Å²) in [7, 11) is 0. The lowest BCUT2D eigenvalue weighted by atomic mass is 10.0. The second-order valence-corrected chi connectivity index (χ2v) is 7.19. The summed E-state index contributed by atoms with van der Waals surface area (Å²) in [5.41, 5.74) is 3.38. The van der Waals surface area contributed by atoms with Crippen LogP contribution in [0.3, 0.4) is 0 Å². The van der Waals surface area contributed by atoms with Gasteiger partial charge in [-0.3, -0.25) is 4.98 Å². The zero-order chi connectivity index (χ0) is 16.9. The predicted octanol–water partition coefficient (Wildman–Crippen LogP) is 5.65. The smallest absolute Gasteiger partial charge is 0.0711 e. The van der Waals surface area contributed by atoms with Crippen LogP contribution in [0, 0.1) is 5.92 Å². The van der Waals surface area contributed by atoms with E-state index in [9.17, 15) is 0 Å². The van der Waals surface area contributed by atoms with Crippen molar-refractivity contribution < 1.29 is 4.74 Å². The topological polar surface area (TPSA) is 22.1 Å². The third-order valence-corrected chi connectivity index (χ3v) is 3.86. The summed E-state index contributed by atoms with van der Waals surface area (Å²) in [6.07, 6.45) is 6.47. The third-order valence-electron chi connectivity index (χ3n) is 3.86. The summed E-state index contributed by atoms with van der Waals surface area (Å²) in [5.74, 6) is 0.503. The molecule has 0 amide bonds. The SMILES string of the molecule is CCc1ccc2ccc(/C=C/C(C)CCOC(C)(C)C)cc2n1. The standard InChI is InChI=1S/C21H29NO/c1-6-19-12-11-18-10-9-17(15-20(18)22-19)8-7-16(2)13-14-23-21(3,4)5/h7-12,15-16H,6,13-14H2,1-5H3/b8-7+. The minimum absolute atomic E-state index is 0.0512. The van der Waals surface area contributed by atoms with Gasteiger partial charge >= 0.3 is 0 Å². The maximum atomic E-state index is 5.79. The van der Waals surface area contributed by atoms with Gasteiger partial charge in [-0.25, -0.2) is 0 Å². The van der Waals surface area contributed by atoms with Crippen molar-refractivity contribution in [1.82, 2.24) is 4.98 Å². The third kappa shape index (κ3) is 5.80. The van der Waals surface area contributed by atoms with Gasteiger partial charge in [0.15, 0.2) is 0 Å². The molecule has 2 heteroatoms. The Bertz CT molecular complexity index is 667. The van der Waals surface area contributed by atoms with E-state index in [1.807, 2.05) is 0 Å². The van der Waals surface area contributed by atoms with Gasteiger partial charge < -0.3 is 4.74 Å². The molecule has 2 rings (SSSR count). The number of fused-ring (bicyclic) bond motifs is 1. The minimum atomic E-state index is -0.0512. The molecule has 1 atom stereocenters. The minimum Gasteiger partial charge on any atom is -0.376 e. The summed E-state index contributed by atoms with van der Waals surface area (Å²) in [6.45, 7) is 11.5. The largest absolute Gasteiger partial charge is 0.376 e. The average Bonchev–Trinajstić information content (AvgIpc) is 2.50. The van der Waals surface area contributed by atoms with Gasteiger partial charge in [0.1, 0.15) is 0 Å². The van der Waals surface area contributed by atoms with E-state index >= 15 is 0 Å². The first-order valence-electron chi connectivity index (χ1n) is 8.59. The molecule has 0 radical (unpaired) electrons. The van der Waals surface area contributed by atoms with E-state index in [2.05, 4.69) is 77.1 Å². The maximum Gasteiger partial charge on any atom is 0.0711 e. The molecule has 1 heterocycles. The van der Waals surface area contributed by atoms with Gasteiger partial charge in [0.2, 0.25) is 0 Å². The van der Waals surface area contributed by atoms with E-state index in [4.69, 9.17) is 9.72 Å². The number of allylic oxidation sites excluding steroid dienone is 1. The van der Waals surface area contributed by atoms with Crippen LogP contribution in [0.2, 0.25) is 0 Å². The molecular weight excluding hydrogens is 282 g/mol. The average molecular weight is 311 g/mol. The highest BCUT2D eigenvalue weighted by molar-refractivity contribution is 5.81. The van der Waals surface area contributed by atoms with Crippen LogP contribution in [0.15, 0.2) is 36.4 Å². The van der Waals surface area contributed by atoms with Gasteiger partial charge in [-0.1, -0.05) is 44.2 Å². The van der Waals surface area contributed by atoms with Crippen molar-refractivity contribution in [3.63, 3.8) is 0 Å². The lowest BCUT2D eigenvalue weighted by molar-refractivity contribution is -0.00674. The maximum absolute atomic E-state index is 5.79. The second-order valence-electron chi connectivity index (χ2n) is 7.19. The van der Waals surface area contributed by atoms with E-state index in [0.717, 1.165) is 30.7 Å². The molecule has 1 unspecified atom stereocenters. The van der Waals surface area contributed by atoms with E-state index in [-0.39, 0.29) is 5.60 Å². The van der Waals surface area contributed by atoms with Crippen molar-refractivity contribution in [3.05, 3.63) is 47.7 Å². The van der Waals surface area contributed by atoms with Gasteiger partial charge in [0.25, 0.3) is 0 Å². The first kappa shape index (κ1) is 17.7. The monoisotopic (exact) mass is 311 g/mol. The molecular formula is C21H29NO. The van der Waals surface area contributed by atoms with Gasteiger partial charge in [-0.2, -0.15) is 0 Å². The van der Waals surface area contributed by atoms with Crippen molar-refractivity contribution in [2.45, 2.75) is 53.1 Å².